The smallest absolute Gasteiger partial charge is 0.151 e. The molecule has 1 aliphatic heterocycles. The Balaban J connectivity index is 1.83. The fourth-order valence-electron chi connectivity index (χ4n) is 3.27. The minimum atomic E-state index is -0.158. The van der Waals surface area contributed by atoms with Crippen molar-refractivity contribution in [3.63, 3.8) is 0 Å². The molecule has 4 nitrogen and oxygen atoms in total. The lowest BCUT2D eigenvalue weighted by molar-refractivity contribution is -0.0885. The molecule has 140 valence electrons. The van der Waals surface area contributed by atoms with Gasteiger partial charge in [0.15, 0.2) is 6.10 Å². The number of morpholine rings is 1. The molecule has 4 heteroatoms. The van der Waals surface area contributed by atoms with Gasteiger partial charge in [-0.15, -0.1) is 0 Å². The lowest BCUT2D eigenvalue weighted by atomic mass is 10.0. The van der Waals surface area contributed by atoms with Gasteiger partial charge >= 0.3 is 0 Å². The Morgan fingerprint density at radius 2 is 1.77 bits per heavy atom. The summed E-state index contributed by atoms with van der Waals surface area (Å²) in [7, 11) is 0. The van der Waals surface area contributed by atoms with Crippen molar-refractivity contribution in [1.29, 1.82) is 0 Å². The van der Waals surface area contributed by atoms with Crippen molar-refractivity contribution in [3.05, 3.63) is 60.2 Å². The Labute approximate surface area is 156 Å². The first-order valence-corrected chi connectivity index (χ1v) is 9.47. The minimum Gasteiger partial charge on any atom is -0.494 e. The average molecular weight is 355 g/mol. The topological polar surface area (TPSA) is 30.9 Å². The molecule has 0 N–H and O–H groups in total. The number of rotatable bonds is 7. The van der Waals surface area contributed by atoms with Gasteiger partial charge in [0.1, 0.15) is 17.6 Å². The van der Waals surface area contributed by atoms with Crippen LogP contribution in [0.5, 0.6) is 11.5 Å². The van der Waals surface area contributed by atoms with Crippen LogP contribution < -0.4 is 9.47 Å². The second kappa shape index (κ2) is 9.06. The van der Waals surface area contributed by atoms with Crippen LogP contribution in [0.1, 0.15) is 32.4 Å². The van der Waals surface area contributed by atoms with Gasteiger partial charge in [0, 0.05) is 19.1 Å². The number of hydrogen-bond acceptors (Lipinski definition) is 4. The molecule has 1 saturated heterocycles. The summed E-state index contributed by atoms with van der Waals surface area (Å²) in [6.45, 7) is 9.68. The molecule has 0 bridgehead atoms. The SMILES string of the molecule is CCOc1ccc(C(Oc2ccccc2)C2CN(C(C)C)CCO2)cc1. The van der Waals surface area contributed by atoms with Crippen LogP contribution in [0.15, 0.2) is 54.6 Å². The van der Waals surface area contributed by atoms with Crippen molar-refractivity contribution in [1.82, 2.24) is 4.90 Å². The third-order valence-corrected chi connectivity index (χ3v) is 4.72. The highest BCUT2D eigenvalue weighted by Crippen LogP contribution is 2.30. The quantitative estimate of drug-likeness (QED) is 0.740. The van der Waals surface area contributed by atoms with Crippen molar-refractivity contribution in [3.8, 4) is 11.5 Å². The molecule has 0 amide bonds. The second-order valence-corrected chi connectivity index (χ2v) is 6.85. The fraction of sp³-hybridized carbons (Fsp3) is 0.455. The summed E-state index contributed by atoms with van der Waals surface area (Å²) in [5.41, 5.74) is 1.10. The van der Waals surface area contributed by atoms with Gasteiger partial charge in [-0.3, -0.25) is 4.90 Å². The predicted octanol–water partition coefficient (Wildman–Crippen LogP) is 4.31. The summed E-state index contributed by atoms with van der Waals surface area (Å²) in [6, 6.07) is 18.6. The van der Waals surface area contributed by atoms with E-state index in [4.69, 9.17) is 14.2 Å². The van der Waals surface area contributed by atoms with E-state index in [-0.39, 0.29) is 12.2 Å². The lowest BCUT2D eigenvalue weighted by Crippen LogP contribution is -2.48. The van der Waals surface area contributed by atoms with Crippen molar-refractivity contribution < 1.29 is 14.2 Å². The highest BCUT2D eigenvalue weighted by atomic mass is 16.5. The number of hydrogen-bond donors (Lipinski definition) is 0. The Hall–Kier alpha value is -2.04. The van der Waals surface area contributed by atoms with Crippen LogP contribution in [0.4, 0.5) is 0 Å². The highest BCUT2D eigenvalue weighted by Gasteiger charge is 2.32. The zero-order valence-electron chi connectivity index (χ0n) is 15.9. The predicted molar refractivity (Wildman–Crippen MR) is 104 cm³/mol. The molecule has 0 radical (unpaired) electrons. The largest absolute Gasteiger partial charge is 0.494 e. The standard InChI is InChI=1S/C22H29NO3/c1-4-24-19-12-10-18(11-13-19)22(26-20-8-6-5-7-9-20)21-16-23(17(2)3)14-15-25-21/h5-13,17,21-22H,4,14-16H2,1-3H3. The maximum atomic E-state index is 6.38. The molecule has 0 aliphatic carbocycles. The van der Waals surface area contributed by atoms with Crippen LogP contribution in [0.25, 0.3) is 0 Å². The van der Waals surface area contributed by atoms with Crippen LogP contribution in [0.2, 0.25) is 0 Å². The first-order valence-electron chi connectivity index (χ1n) is 9.47. The zero-order valence-corrected chi connectivity index (χ0v) is 15.9. The summed E-state index contributed by atoms with van der Waals surface area (Å²) < 4.78 is 18.1. The molecule has 26 heavy (non-hydrogen) atoms. The van der Waals surface area contributed by atoms with Crippen LogP contribution in [-0.2, 0) is 4.74 Å². The summed E-state index contributed by atoms with van der Waals surface area (Å²) in [5, 5.41) is 0. The van der Waals surface area contributed by atoms with Gasteiger partial charge in [-0.2, -0.15) is 0 Å². The van der Waals surface area contributed by atoms with Crippen LogP contribution in [0.3, 0.4) is 0 Å². The molecule has 0 saturated carbocycles. The molecule has 1 heterocycles. The van der Waals surface area contributed by atoms with Crippen LogP contribution >= 0.6 is 0 Å². The summed E-state index contributed by atoms with van der Waals surface area (Å²) >= 11 is 0. The number of benzene rings is 2. The van der Waals surface area contributed by atoms with Crippen molar-refractivity contribution in [2.45, 2.75) is 39.0 Å². The summed E-state index contributed by atoms with van der Waals surface area (Å²) in [5.74, 6) is 1.74. The lowest BCUT2D eigenvalue weighted by Gasteiger charge is -2.39. The van der Waals surface area contributed by atoms with E-state index in [1.807, 2.05) is 49.4 Å². The summed E-state index contributed by atoms with van der Waals surface area (Å²) in [6.07, 6.45) is -0.168. The number of ether oxygens (including phenoxy) is 3. The van der Waals surface area contributed by atoms with Gasteiger partial charge in [-0.05, 0) is 50.6 Å². The third kappa shape index (κ3) is 4.77. The summed E-state index contributed by atoms with van der Waals surface area (Å²) in [4.78, 5) is 2.45. The normalized spacial score (nSPS) is 19.3. The van der Waals surface area contributed by atoms with E-state index in [1.54, 1.807) is 0 Å². The van der Waals surface area contributed by atoms with Crippen molar-refractivity contribution >= 4 is 0 Å². The number of nitrogens with zero attached hydrogens (tertiary/aromatic N) is 1. The third-order valence-electron chi connectivity index (χ3n) is 4.72. The Morgan fingerprint density at radius 3 is 2.42 bits per heavy atom. The van der Waals surface area contributed by atoms with Crippen LogP contribution in [0, 0.1) is 0 Å². The van der Waals surface area contributed by atoms with Gasteiger partial charge in [-0.25, -0.2) is 0 Å². The van der Waals surface area contributed by atoms with E-state index < -0.39 is 0 Å². The molecule has 2 aromatic carbocycles. The van der Waals surface area contributed by atoms with Crippen LogP contribution in [-0.4, -0.2) is 43.3 Å². The van der Waals surface area contributed by atoms with Gasteiger partial charge in [0.05, 0.1) is 13.2 Å². The highest BCUT2D eigenvalue weighted by molar-refractivity contribution is 5.31. The molecule has 2 unspecified atom stereocenters. The zero-order chi connectivity index (χ0) is 18.4. The minimum absolute atomic E-state index is 0.00991. The molecule has 2 aromatic rings. The fourth-order valence-corrected chi connectivity index (χ4v) is 3.27. The molecule has 1 fully saturated rings. The van der Waals surface area contributed by atoms with E-state index in [1.165, 1.54) is 0 Å². The maximum Gasteiger partial charge on any atom is 0.151 e. The van der Waals surface area contributed by atoms with E-state index in [0.29, 0.717) is 12.6 Å². The first-order chi connectivity index (χ1) is 12.7. The van der Waals surface area contributed by atoms with Crippen molar-refractivity contribution in [2.75, 3.05) is 26.3 Å². The Morgan fingerprint density at radius 1 is 1.04 bits per heavy atom. The molecule has 1 aliphatic rings. The monoisotopic (exact) mass is 355 g/mol. The molecule has 3 rings (SSSR count). The maximum absolute atomic E-state index is 6.38. The van der Waals surface area contributed by atoms with Gasteiger partial charge < -0.3 is 14.2 Å². The van der Waals surface area contributed by atoms with E-state index in [2.05, 4.69) is 30.9 Å². The average Bonchev–Trinajstić information content (AvgIpc) is 2.68. The molecule has 0 spiro atoms. The Bertz CT molecular complexity index is 657. The van der Waals surface area contributed by atoms with Crippen molar-refractivity contribution in [2.24, 2.45) is 0 Å². The molecular formula is C22H29NO3. The van der Waals surface area contributed by atoms with Gasteiger partial charge in [0.2, 0.25) is 0 Å². The molecule has 2 atom stereocenters. The van der Waals surface area contributed by atoms with E-state index >= 15 is 0 Å². The van der Waals surface area contributed by atoms with E-state index in [9.17, 15) is 0 Å². The second-order valence-electron chi connectivity index (χ2n) is 6.85. The molecule has 0 aromatic heterocycles. The number of para-hydroxylation sites is 1. The Kier molecular flexibility index (Phi) is 6.53. The van der Waals surface area contributed by atoms with E-state index in [0.717, 1.165) is 36.8 Å². The van der Waals surface area contributed by atoms with Gasteiger partial charge in [0.25, 0.3) is 0 Å². The molecular weight excluding hydrogens is 326 g/mol. The first kappa shape index (κ1) is 18.7. The van der Waals surface area contributed by atoms with Gasteiger partial charge in [-0.1, -0.05) is 30.3 Å².